The van der Waals surface area contributed by atoms with Gasteiger partial charge in [0.1, 0.15) is 18.0 Å². The summed E-state index contributed by atoms with van der Waals surface area (Å²) in [5.74, 6) is 1.21. The van der Waals surface area contributed by atoms with E-state index in [0.717, 1.165) is 64.6 Å². The number of nitrogens with one attached hydrogen (secondary N) is 2. The van der Waals surface area contributed by atoms with Crippen LogP contribution in [-0.2, 0) is 17.9 Å². The van der Waals surface area contributed by atoms with Crippen LogP contribution in [-0.4, -0.2) is 72.1 Å². The molecule has 0 bridgehead atoms. The molecule has 174 valence electrons. The minimum atomic E-state index is -0.123. The molecule has 4 heterocycles. The minimum Gasteiger partial charge on any atom is -0.492 e. The quantitative estimate of drug-likeness (QED) is 0.618. The van der Waals surface area contributed by atoms with Crippen molar-refractivity contribution in [1.29, 1.82) is 0 Å². The zero-order chi connectivity index (χ0) is 21.0. The van der Waals surface area contributed by atoms with E-state index in [2.05, 4.69) is 67.6 Å². The maximum absolute atomic E-state index is 12.2. The third-order valence-corrected chi connectivity index (χ3v) is 6.70. The van der Waals surface area contributed by atoms with E-state index in [4.69, 9.17) is 4.74 Å². The molecular formula is C24H34ClN5O2. The number of nitrogens with zero attached hydrogens (tertiary/aromatic N) is 3. The van der Waals surface area contributed by atoms with Crippen LogP contribution in [0.15, 0.2) is 42.6 Å². The molecule has 7 nitrogen and oxygen atoms in total. The summed E-state index contributed by atoms with van der Waals surface area (Å²) in [5, 5.41) is 6.83. The lowest BCUT2D eigenvalue weighted by Crippen LogP contribution is -2.56. The first-order valence-corrected chi connectivity index (χ1v) is 11.6. The smallest absolute Gasteiger partial charge is 0.154 e. The molecule has 2 atom stereocenters. The van der Waals surface area contributed by atoms with Gasteiger partial charge in [-0.25, -0.2) is 0 Å². The van der Waals surface area contributed by atoms with Gasteiger partial charge in [-0.3, -0.25) is 20.3 Å². The monoisotopic (exact) mass is 459 g/mol. The lowest BCUT2D eigenvalue weighted by atomic mass is 10.0. The highest BCUT2D eigenvalue weighted by molar-refractivity contribution is 5.86. The van der Waals surface area contributed by atoms with Crippen LogP contribution in [0.25, 0.3) is 0 Å². The molecule has 2 saturated heterocycles. The van der Waals surface area contributed by atoms with Gasteiger partial charge in [0.05, 0.1) is 6.61 Å². The molecule has 0 aliphatic carbocycles. The Balaban J connectivity index is 0.00000245. The molecule has 2 fully saturated rings. The van der Waals surface area contributed by atoms with Crippen LogP contribution >= 0.6 is 12.4 Å². The number of hydrogen-bond acceptors (Lipinski definition) is 6. The predicted octanol–water partition coefficient (Wildman–Crippen LogP) is 2.03. The summed E-state index contributed by atoms with van der Waals surface area (Å²) in [4.78, 5) is 17.2. The van der Waals surface area contributed by atoms with Gasteiger partial charge in [0.2, 0.25) is 0 Å². The SMILES string of the molecule is Cl.O=C1CCNC2C1NCc1cc(OCCCN3CCN(Cc4ccccc4)CC3)cn12. The Morgan fingerprint density at radius 2 is 1.81 bits per heavy atom. The van der Waals surface area contributed by atoms with E-state index in [1.165, 1.54) is 11.3 Å². The van der Waals surface area contributed by atoms with Gasteiger partial charge in [-0.05, 0) is 12.0 Å². The number of piperidine rings is 1. The van der Waals surface area contributed by atoms with E-state index < -0.39 is 0 Å². The molecule has 0 spiro atoms. The van der Waals surface area contributed by atoms with Gasteiger partial charge in [-0.1, -0.05) is 30.3 Å². The van der Waals surface area contributed by atoms with Crippen LogP contribution in [0.1, 0.15) is 30.3 Å². The second-order valence-corrected chi connectivity index (χ2v) is 8.85. The largest absolute Gasteiger partial charge is 0.492 e. The molecule has 1 aromatic carbocycles. The number of halogens is 1. The molecular weight excluding hydrogens is 426 g/mol. The molecule has 32 heavy (non-hydrogen) atoms. The lowest BCUT2D eigenvalue weighted by Gasteiger charge is -2.37. The molecule has 3 aliphatic heterocycles. The van der Waals surface area contributed by atoms with Crippen molar-refractivity contribution in [3.63, 3.8) is 0 Å². The van der Waals surface area contributed by atoms with E-state index in [1.54, 1.807) is 0 Å². The number of carbonyl (C=O) groups is 1. The summed E-state index contributed by atoms with van der Waals surface area (Å²) < 4.78 is 8.24. The van der Waals surface area contributed by atoms with Crippen LogP contribution in [0, 0.1) is 0 Å². The van der Waals surface area contributed by atoms with Crippen LogP contribution < -0.4 is 15.4 Å². The Kier molecular flexibility index (Phi) is 7.86. The number of benzene rings is 1. The van der Waals surface area contributed by atoms with Gasteiger partial charge in [0.25, 0.3) is 0 Å². The second-order valence-electron chi connectivity index (χ2n) is 8.85. The number of aromatic nitrogens is 1. The number of piperazine rings is 1. The standard InChI is InChI=1S/C24H33N5O2.ClH/c30-22-7-8-25-24-23(22)26-16-20-15-21(18-29(20)24)31-14-4-9-27-10-12-28(13-11-27)17-19-5-2-1-3-6-19;/h1-3,5-6,15,18,23-26H,4,7-14,16-17H2;1H. The van der Waals surface area contributed by atoms with Crippen molar-refractivity contribution in [3.8, 4) is 5.75 Å². The van der Waals surface area contributed by atoms with E-state index in [1.807, 2.05) is 0 Å². The number of ether oxygens (including phenoxy) is 1. The van der Waals surface area contributed by atoms with Crippen molar-refractivity contribution < 1.29 is 9.53 Å². The Morgan fingerprint density at radius 3 is 2.62 bits per heavy atom. The first-order valence-electron chi connectivity index (χ1n) is 11.6. The number of carbonyl (C=O) groups excluding carboxylic acids is 1. The van der Waals surface area contributed by atoms with Gasteiger partial charge in [0, 0.05) is 76.7 Å². The van der Waals surface area contributed by atoms with Gasteiger partial charge in [-0.15, -0.1) is 12.4 Å². The average Bonchev–Trinajstić information content (AvgIpc) is 3.22. The highest BCUT2D eigenvalue weighted by Crippen LogP contribution is 2.27. The third kappa shape index (κ3) is 5.35. The summed E-state index contributed by atoms with van der Waals surface area (Å²) in [6, 6.07) is 12.7. The van der Waals surface area contributed by atoms with Crippen LogP contribution in [0.3, 0.4) is 0 Å². The highest BCUT2D eigenvalue weighted by atomic mass is 35.5. The maximum Gasteiger partial charge on any atom is 0.154 e. The van der Waals surface area contributed by atoms with Crippen molar-refractivity contribution in [1.82, 2.24) is 25.0 Å². The normalized spacial score (nSPS) is 23.8. The average molecular weight is 460 g/mol. The lowest BCUT2D eigenvalue weighted by molar-refractivity contribution is -0.124. The summed E-state index contributed by atoms with van der Waals surface area (Å²) in [6.07, 6.45) is 3.70. The fourth-order valence-corrected chi connectivity index (χ4v) is 4.96. The molecule has 0 amide bonds. The molecule has 2 unspecified atom stereocenters. The van der Waals surface area contributed by atoms with Crippen molar-refractivity contribution in [2.24, 2.45) is 0 Å². The zero-order valence-electron chi connectivity index (χ0n) is 18.5. The van der Waals surface area contributed by atoms with E-state index in [9.17, 15) is 4.79 Å². The molecule has 5 rings (SSSR count). The number of rotatable bonds is 7. The predicted molar refractivity (Wildman–Crippen MR) is 127 cm³/mol. The van der Waals surface area contributed by atoms with Crippen molar-refractivity contribution in [3.05, 3.63) is 53.9 Å². The summed E-state index contributed by atoms with van der Waals surface area (Å²) in [6.45, 7) is 8.82. The van der Waals surface area contributed by atoms with Crippen LogP contribution in [0.2, 0.25) is 0 Å². The molecule has 0 radical (unpaired) electrons. The van der Waals surface area contributed by atoms with Gasteiger partial charge in [0.15, 0.2) is 5.78 Å². The summed E-state index contributed by atoms with van der Waals surface area (Å²) >= 11 is 0. The fourth-order valence-electron chi connectivity index (χ4n) is 4.96. The number of fused-ring (bicyclic) bond motifs is 3. The molecule has 2 aromatic rings. The molecule has 2 N–H and O–H groups in total. The number of Topliss-reactive ketones (excluding diaryl/α,β-unsaturated/α-hetero) is 1. The maximum atomic E-state index is 12.2. The van der Waals surface area contributed by atoms with Crippen molar-refractivity contribution >= 4 is 18.2 Å². The first-order chi connectivity index (χ1) is 15.3. The van der Waals surface area contributed by atoms with Crippen LogP contribution in [0.5, 0.6) is 5.75 Å². The van der Waals surface area contributed by atoms with Gasteiger partial charge >= 0.3 is 0 Å². The fraction of sp³-hybridized carbons (Fsp3) is 0.542. The van der Waals surface area contributed by atoms with E-state index >= 15 is 0 Å². The van der Waals surface area contributed by atoms with Crippen molar-refractivity contribution in [2.75, 3.05) is 45.9 Å². The second kappa shape index (κ2) is 10.8. The van der Waals surface area contributed by atoms with Gasteiger partial charge in [-0.2, -0.15) is 0 Å². The van der Waals surface area contributed by atoms with E-state index in [0.29, 0.717) is 18.7 Å². The topological polar surface area (TPSA) is 61.8 Å². The first kappa shape index (κ1) is 23.3. The van der Waals surface area contributed by atoms with Gasteiger partial charge < -0.3 is 14.2 Å². The number of hydrogen-bond donors (Lipinski definition) is 2. The minimum absolute atomic E-state index is 0. The van der Waals surface area contributed by atoms with E-state index in [-0.39, 0.29) is 24.6 Å². The summed E-state index contributed by atoms with van der Waals surface area (Å²) in [7, 11) is 0. The van der Waals surface area contributed by atoms with Crippen molar-refractivity contribution in [2.45, 2.75) is 38.1 Å². The van der Waals surface area contributed by atoms with Crippen LogP contribution in [0.4, 0.5) is 0 Å². The Labute approximate surface area is 196 Å². The Bertz CT molecular complexity index is 882. The third-order valence-electron chi connectivity index (χ3n) is 6.70. The number of ketones is 1. The molecule has 3 aliphatic rings. The molecule has 0 saturated carbocycles. The Hall–Kier alpha value is -1.90. The highest BCUT2D eigenvalue weighted by Gasteiger charge is 2.36. The zero-order valence-corrected chi connectivity index (χ0v) is 19.4. The molecule has 8 heteroatoms. The Morgan fingerprint density at radius 1 is 1.03 bits per heavy atom. The molecule has 1 aromatic heterocycles. The summed E-state index contributed by atoms with van der Waals surface area (Å²) in [5.41, 5.74) is 2.57.